The van der Waals surface area contributed by atoms with Gasteiger partial charge in [0.25, 0.3) is 0 Å². The number of phenolic OH excluding ortho intramolecular Hbond substituents is 1. The molecule has 4 nitrogen and oxygen atoms in total. The average Bonchev–Trinajstić information content (AvgIpc) is 3.55. The van der Waals surface area contributed by atoms with Gasteiger partial charge in [-0.25, -0.2) is 0 Å². The molecule has 8 rings (SSSR count). The molecule has 4 heterocycles. The molecular formula is C46H36N3OPt-. The molecule has 5 heteroatoms. The maximum Gasteiger partial charge on any atom is 0.124 e. The molecule has 51 heavy (non-hydrogen) atoms. The number of fused-ring (bicyclic) bond motifs is 1. The van der Waals surface area contributed by atoms with Gasteiger partial charge in [0.15, 0.2) is 0 Å². The topological polar surface area (TPSA) is 50.4 Å². The summed E-state index contributed by atoms with van der Waals surface area (Å²) < 4.78 is 2.26. The van der Waals surface area contributed by atoms with Crippen molar-refractivity contribution in [2.45, 2.75) is 26.2 Å². The number of hydrogen-bond donors (Lipinski definition) is 1. The van der Waals surface area contributed by atoms with E-state index >= 15 is 0 Å². The largest absolute Gasteiger partial charge is 0.507 e. The van der Waals surface area contributed by atoms with Crippen molar-refractivity contribution < 1.29 is 26.2 Å². The van der Waals surface area contributed by atoms with E-state index in [1.165, 1.54) is 5.56 Å². The van der Waals surface area contributed by atoms with Crippen molar-refractivity contribution in [1.29, 1.82) is 0 Å². The fourth-order valence-corrected chi connectivity index (χ4v) is 6.63. The third-order valence-corrected chi connectivity index (χ3v) is 9.25. The molecule has 252 valence electrons. The van der Waals surface area contributed by atoms with Crippen LogP contribution < -0.4 is 0 Å². The first-order chi connectivity index (χ1) is 24.3. The average molecular weight is 842 g/mol. The number of benzene rings is 4. The van der Waals surface area contributed by atoms with Gasteiger partial charge in [0.2, 0.25) is 0 Å². The predicted molar refractivity (Wildman–Crippen MR) is 205 cm³/mol. The minimum Gasteiger partial charge on any atom is -0.507 e. The van der Waals surface area contributed by atoms with E-state index in [0.29, 0.717) is 11.3 Å². The van der Waals surface area contributed by atoms with Crippen LogP contribution >= 0.6 is 0 Å². The van der Waals surface area contributed by atoms with E-state index in [9.17, 15) is 5.11 Å². The van der Waals surface area contributed by atoms with Crippen molar-refractivity contribution >= 4 is 5.52 Å². The zero-order valence-corrected chi connectivity index (χ0v) is 30.9. The molecule has 0 aliphatic rings. The van der Waals surface area contributed by atoms with Crippen LogP contribution in [0.2, 0.25) is 0 Å². The number of phenols is 1. The van der Waals surface area contributed by atoms with Gasteiger partial charge in [-0.05, 0) is 75.7 Å². The standard InChI is InChI=1S/C46H36N3O.Pt/c1-46(2,3)35-23-24-47-40(29-35)32-16-13-17-33(26-32)41-27-34(28-42(48-41)38-20-9-10-22-45(38)50)36-18-7-8-19-37(36)39-30-44(31-14-5-4-6-15-31)49-25-12-11-21-43(39)49;/h4-25,27-30,50H,1-3H3;/q-1;. The van der Waals surface area contributed by atoms with Gasteiger partial charge >= 0.3 is 0 Å². The summed E-state index contributed by atoms with van der Waals surface area (Å²) in [6, 6.07) is 53.2. The molecule has 0 atom stereocenters. The number of rotatable bonds is 6. The number of aromatic nitrogens is 3. The predicted octanol–water partition coefficient (Wildman–Crippen LogP) is 11.5. The van der Waals surface area contributed by atoms with Crippen molar-refractivity contribution in [3.8, 4) is 73.0 Å². The van der Waals surface area contributed by atoms with Crippen LogP contribution in [0, 0.1) is 6.07 Å². The fourth-order valence-electron chi connectivity index (χ4n) is 6.63. The normalized spacial score (nSPS) is 11.4. The SMILES string of the molecule is CC(C)(C)c1ccnc(-c2[c-]c(-c3cc(-c4ccccc4-c4cc(-c5ccccc5)n5ccccc45)cc(-c4ccccc4O)n3)ccc2)c1.[Pt]. The first kappa shape index (κ1) is 33.9. The molecule has 8 aromatic rings. The van der Waals surface area contributed by atoms with Crippen LogP contribution in [0.3, 0.4) is 0 Å². The van der Waals surface area contributed by atoms with E-state index in [0.717, 1.165) is 61.5 Å². The molecule has 0 radical (unpaired) electrons. The molecular weight excluding hydrogens is 806 g/mol. The van der Waals surface area contributed by atoms with Crippen LogP contribution in [0.4, 0.5) is 0 Å². The van der Waals surface area contributed by atoms with Gasteiger partial charge in [0.1, 0.15) is 5.75 Å². The summed E-state index contributed by atoms with van der Waals surface area (Å²) in [7, 11) is 0. The van der Waals surface area contributed by atoms with Gasteiger partial charge in [-0.3, -0.25) is 9.97 Å². The first-order valence-corrected chi connectivity index (χ1v) is 16.9. The Balaban J connectivity index is 0.00000406. The molecule has 4 aromatic carbocycles. The minimum atomic E-state index is -0.00142. The molecule has 0 aliphatic heterocycles. The maximum absolute atomic E-state index is 11.0. The Morgan fingerprint density at radius 1 is 0.569 bits per heavy atom. The van der Waals surface area contributed by atoms with Crippen molar-refractivity contribution in [1.82, 2.24) is 14.4 Å². The summed E-state index contributed by atoms with van der Waals surface area (Å²) in [5, 5.41) is 11.0. The first-order valence-electron chi connectivity index (χ1n) is 16.9. The third kappa shape index (κ3) is 6.68. The van der Waals surface area contributed by atoms with E-state index < -0.39 is 0 Å². The van der Waals surface area contributed by atoms with Crippen molar-refractivity contribution in [2.75, 3.05) is 0 Å². The quantitative estimate of drug-likeness (QED) is 0.170. The second kappa shape index (κ2) is 14.0. The van der Waals surface area contributed by atoms with Crippen LogP contribution in [0.5, 0.6) is 5.75 Å². The number of hydrogen-bond acceptors (Lipinski definition) is 3. The summed E-state index contributed by atoms with van der Waals surface area (Å²) in [5.74, 6) is 0.184. The molecule has 0 aliphatic carbocycles. The number of pyridine rings is 3. The Morgan fingerprint density at radius 3 is 2.00 bits per heavy atom. The third-order valence-electron chi connectivity index (χ3n) is 9.25. The number of nitrogens with zero attached hydrogens (tertiary/aromatic N) is 3. The van der Waals surface area contributed by atoms with Gasteiger partial charge in [0, 0.05) is 56.0 Å². The zero-order chi connectivity index (χ0) is 34.2. The summed E-state index contributed by atoms with van der Waals surface area (Å²) in [6.07, 6.45) is 4.00. The zero-order valence-electron chi connectivity index (χ0n) is 28.6. The molecule has 0 bridgehead atoms. The Kier molecular flexibility index (Phi) is 9.29. The fraction of sp³-hybridized carbons (Fsp3) is 0.0870. The van der Waals surface area contributed by atoms with Gasteiger partial charge < -0.3 is 9.51 Å². The van der Waals surface area contributed by atoms with Crippen LogP contribution in [-0.4, -0.2) is 19.5 Å². The molecule has 0 saturated heterocycles. The van der Waals surface area contributed by atoms with E-state index in [-0.39, 0.29) is 32.2 Å². The van der Waals surface area contributed by atoms with Crippen molar-refractivity contribution in [3.63, 3.8) is 0 Å². The van der Waals surface area contributed by atoms with Gasteiger partial charge in [-0.2, -0.15) is 0 Å². The smallest absolute Gasteiger partial charge is 0.124 e. The Bertz CT molecular complexity index is 2490. The summed E-state index contributed by atoms with van der Waals surface area (Å²) in [4.78, 5) is 9.84. The van der Waals surface area contributed by atoms with Crippen LogP contribution in [0.15, 0.2) is 158 Å². The van der Waals surface area contributed by atoms with Crippen molar-refractivity contribution in [2.24, 2.45) is 0 Å². The molecule has 1 N–H and O–H groups in total. The monoisotopic (exact) mass is 841 g/mol. The number of para-hydroxylation sites is 1. The summed E-state index contributed by atoms with van der Waals surface area (Å²) in [6.45, 7) is 6.62. The molecule has 0 amide bonds. The van der Waals surface area contributed by atoms with Crippen LogP contribution in [-0.2, 0) is 26.5 Å². The summed E-state index contributed by atoms with van der Waals surface area (Å²) in [5.41, 5.74) is 13.7. The Labute approximate surface area is 313 Å². The van der Waals surface area contributed by atoms with Crippen LogP contribution in [0.25, 0.3) is 72.8 Å². The molecule has 0 fully saturated rings. The van der Waals surface area contributed by atoms with Gasteiger partial charge in [-0.1, -0.05) is 117 Å². The minimum absolute atomic E-state index is 0. The maximum atomic E-state index is 11.0. The van der Waals surface area contributed by atoms with E-state index in [1.807, 2.05) is 48.7 Å². The second-order valence-electron chi connectivity index (χ2n) is 13.6. The van der Waals surface area contributed by atoms with Gasteiger partial charge in [0.05, 0.1) is 16.9 Å². The summed E-state index contributed by atoms with van der Waals surface area (Å²) >= 11 is 0. The Morgan fingerprint density at radius 2 is 1.24 bits per heavy atom. The van der Waals surface area contributed by atoms with Crippen molar-refractivity contribution in [3.05, 3.63) is 170 Å². The number of aromatic hydroxyl groups is 1. The van der Waals surface area contributed by atoms with Crippen LogP contribution in [0.1, 0.15) is 26.3 Å². The van der Waals surface area contributed by atoms with Gasteiger partial charge in [-0.15, -0.1) is 24.3 Å². The van der Waals surface area contributed by atoms with E-state index in [2.05, 4.69) is 134 Å². The van der Waals surface area contributed by atoms with E-state index in [1.54, 1.807) is 6.07 Å². The Hall–Kier alpha value is -5.57. The van der Waals surface area contributed by atoms with E-state index in [4.69, 9.17) is 9.97 Å². The molecule has 0 spiro atoms. The molecule has 4 aromatic heterocycles. The molecule has 0 saturated carbocycles. The molecule has 0 unspecified atom stereocenters. The second-order valence-corrected chi connectivity index (χ2v) is 13.6.